The molecule has 2 aromatic carbocycles. The lowest BCUT2D eigenvalue weighted by Gasteiger charge is -2.43. The second kappa shape index (κ2) is 9.31. The summed E-state index contributed by atoms with van der Waals surface area (Å²) in [5.74, 6) is -4.60. The van der Waals surface area contributed by atoms with Crippen molar-refractivity contribution in [2.75, 3.05) is 14.2 Å². The van der Waals surface area contributed by atoms with E-state index in [-0.39, 0.29) is 6.42 Å². The van der Waals surface area contributed by atoms with E-state index in [0.29, 0.717) is 17.9 Å². The maximum absolute atomic E-state index is 12.7. The summed E-state index contributed by atoms with van der Waals surface area (Å²) in [6.07, 6.45) is -0.346. The molecular weight excluding hydrogens is 400 g/mol. The van der Waals surface area contributed by atoms with Gasteiger partial charge in [0.25, 0.3) is 0 Å². The molecule has 0 unspecified atom stereocenters. The predicted molar refractivity (Wildman–Crippen MR) is 111 cm³/mol. The van der Waals surface area contributed by atoms with Gasteiger partial charge < -0.3 is 19.3 Å². The van der Waals surface area contributed by atoms with Crippen molar-refractivity contribution in [1.29, 1.82) is 0 Å². The summed E-state index contributed by atoms with van der Waals surface area (Å²) in [7, 11) is 2.40. The number of hydrogen-bond acceptors (Lipinski definition) is 7. The number of esters is 2. The minimum atomic E-state index is -1.66. The average molecular weight is 426 g/mol. The van der Waals surface area contributed by atoms with Crippen LogP contribution in [-0.4, -0.2) is 42.6 Å². The fraction of sp³-hybridized carbons (Fsp3) is 0.375. The SMILES string of the molecule is COC(=O)[C@@H]1C(=O)C[C@@](C)(O)[C@@H](C(=O)OC)[C@H]1c1ccc(OCc2ccccc2)cc1. The quantitative estimate of drug-likeness (QED) is 0.560. The zero-order chi connectivity index (χ0) is 22.6. The molecule has 0 heterocycles. The van der Waals surface area contributed by atoms with Crippen molar-refractivity contribution in [3.63, 3.8) is 0 Å². The Hall–Kier alpha value is -3.19. The van der Waals surface area contributed by atoms with Gasteiger partial charge in [0.2, 0.25) is 0 Å². The van der Waals surface area contributed by atoms with Gasteiger partial charge in [-0.1, -0.05) is 42.5 Å². The number of aliphatic hydroxyl groups is 1. The molecule has 7 nitrogen and oxygen atoms in total. The van der Waals surface area contributed by atoms with Crippen LogP contribution in [0.15, 0.2) is 54.6 Å². The Bertz CT molecular complexity index is 934. The first-order valence-corrected chi connectivity index (χ1v) is 9.96. The zero-order valence-corrected chi connectivity index (χ0v) is 17.7. The molecule has 0 bridgehead atoms. The number of rotatable bonds is 6. The molecular formula is C24H26O7. The summed E-state index contributed by atoms with van der Waals surface area (Å²) in [4.78, 5) is 37.8. The van der Waals surface area contributed by atoms with Crippen molar-refractivity contribution in [3.05, 3.63) is 65.7 Å². The van der Waals surface area contributed by atoms with Gasteiger partial charge in [0.1, 0.15) is 18.3 Å². The second-order valence-electron chi connectivity index (χ2n) is 7.87. The van der Waals surface area contributed by atoms with Crippen molar-refractivity contribution in [1.82, 2.24) is 0 Å². The van der Waals surface area contributed by atoms with Crippen molar-refractivity contribution in [3.8, 4) is 5.75 Å². The van der Waals surface area contributed by atoms with Crippen molar-refractivity contribution in [2.45, 2.75) is 31.5 Å². The molecule has 0 aliphatic heterocycles. The van der Waals surface area contributed by atoms with Crippen LogP contribution in [0.2, 0.25) is 0 Å². The first-order valence-electron chi connectivity index (χ1n) is 9.96. The van der Waals surface area contributed by atoms with Gasteiger partial charge >= 0.3 is 11.9 Å². The second-order valence-corrected chi connectivity index (χ2v) is 7.87. The maximum Gasteiger partial charge on any atom is 0.316 e. The highest BCUT2D eigenvalue weighted by Crippen LogP contribution is 2.46. The van der Waals surface area contributed by atoms with E-state index in [2.05, 4.69) is 0 Å². The Morgan fingerprint density at radius 3 is 2.19 bits per heavy atom. The standard InChI is InChI=1S/C24H26O7/c1-24(28)13-18(25)20(22(26)29-2)19(21(24)23(27)30-3)16-9-11-17(12-10-16)31-14-15-7-5-4-6-8-15/h4-12,19-21,28H,13-14H2,1-3H3/t19-,20+,21+,24+/m0/s1. The van der Waals surface area contributed by atoms with E-state index in [1.807, 2.05) is 30.3 Å². The highest BCUT2D eigenvalue weighted by atomic mass is 16.5. The summed E-state index contributed by atoms with van der Waals surface area (Å²) >= 11 is 0. The minimum Gasteiger partial charge on any atom is -0.489 e. The fourth-order valence-electron chi connectivity index (χ4n) is 4.20. The lowest BCUT2D eigenvalue weighted by molar-refractivity contribution is -0.170. The Morgan fingerprint density at radius 2 is 1.61 bits per heavy atom. The molecule has 7 heteroatoms. The van der Waals surface area contributed by atoms with Crippen LogP contribution in [0.1, 0.15) is 30.4 Å². The van der Waals surface area contributed by atoms with Crippen LogP contribution in [0.25, 0.3) is 0 Å². The van der Waals surface area contributed by atoms with Crippen LogP contribution in [0, 0.1) is 11.8 Å². The van der Waals surface area contributed by atoms with Crippen molar-refractivity contribution in [2.24, 2.45) is 11.8 Å². The number of ether oxygens (including phenoxy) is 3. The molecule has 0 amide bonds. The van der Waals surface area contributed by atoms with Gasteiger partial charge in [0.15, 0.2) is 5.78 Å². The number of methoxy groups -OCH3 is 2. The van der Waals surface area contributed by atoms with E-state index in [4.69, 9.17) is 14.2 Å². The molecule has 0 aromatic heterocycles. The van der Waals surface area contributed by atoms with Crippen LogP contribution in [0.4, 0.5) is 0 Å². The first-order chi connectivity index (χ1) is 14.8. The monoisotopic (exact) mass is 426 g/mol. The predicted octanol–water partition coefficient (Wildman–Crippen LogP) is 2.65. The maximum atomic E-state index is 12.7. The van der Waals surface area contributed by atoms with Gasteiger partial charge in [-0.3, -0.25) is 14.4 Å². The Labute approximate surface area is 180 Å². The lowest BCUT2D eigenvalue weighted by Crippen LogP contribution is -2.55. The van der Waals surface area contributed by atoms with Crippen LogP contribution in [-0.2, 0) is 30.5 Å². The molecule has 2 aromatic rings. The molecule has 0 radical (unpaired) electrons. The first kappa shape index (κ1) is 22.5. The zero-order valence-electron chi connectivity index (χ0n) is 17.7. The summed E-state index contributed by atoms with van der Waals surface area (Å²) in [6.45, 7) is 1.79. The van der Waals surface area contributed by atoms with Crippen LogP contribution >= 0.6 is 0 Å². The summed E-state index contributed by atoms with van der Waals surface area (Å²) < 4.78 is 15.5. The molecule has 1 fully saturated rings. The van der Waals surface area contributed by atoms with Crippen LogP contribution in [0.5, 0.6) is 5.75 Å². The summed E-state index contributed by atoms with van der Waals surface area (Å²) in [6, 6.07) is 16.5. The molecule has 31 heavy (non-hydrogen) atoms. The molecule has 4 atom stereocenters. The topological polar surface area (TPSA) is 99.1 Å². The normalized spacial score (nSPS) is 25.5. The number of hydrogen-bond donors (Lipinski definition) is 1. The number of carbonyl (C=O) groups excluding carboxylic acids is 3. The molecule has 1 saturated carbocycles. The van der Waals surface area contributed by atoms with E-state index in [9.17, 15) is 19.5 Å². The van der Waals surface area contributed by atoms with Crippen LogP contribution < -0.4 is 4.74 Å². The van der Waals surface area contributed by atoms with E-state index in [1.54, 1.807) is 24.3 Å². The van der Waals surface area contributed by atoms with Gasteiger partial charge in [-0.05, 0) is 30.2 Å². The third-order valence-corrected chi connectivity index (χ3v) is 5.69. The third-order valence-electron chi connectivity index (χ3n) is 5.69. The number of benzene rings is 2. The van der Waals surface area contributed by atoms with Crippen molar-refractivity contribution >= 4 is 17.7 Å². The van der Waals surface area contributed by atoms with Gasteiger partial charge in [-0.2, -0.15) is 0 Å². The van der Waals surface area contributed by atoms with E-state index >= 15 is 0 Å². The molecule has 0 spiro atoms. The smallest absolute Gasteiger partial charge is 0.316 e. The van der Waals surface area contributed by atoms with Gasteiger partial charge in [0.05, 0.1) is 25.7 Å². The van der Waals surface area contributed by atoms with E-state index in [0.717, 1.165) is 5.56 Å². The Balaban J connectivity index is 1.93. The lowest BCUT2D eigenvalue weighted by atomic mass is 9.62. The summed E-state index contributed by atoms with van der Waals surface area (Å²) in [5, 5.41) is 10.9. The minimum absolute atomic E-state index is 0.346. The number of Topliss-reactive ketones (excluding diaryl/α,β-unsaturated/α-hetero) is 1. The molecule has 3 rings (SSSR count). The highest BCUT2D eigenvalue weighted by Gasteiger charge is 2.56. The Morgan fingerprint density at radius 1 is 1.00 bits per heavy atom. The fourth-order valence-corrected chi connectivity index (χ4v) is 4.20. The van der Waals surface area contributed by atoms with Gasteiger partial charge in [-0.15, -0.1) is 0 Å². The molecule has 1 aliphatic carbocycles. The average Bonchev–Trinajstić information content (AvgIpc) is 2.76. The third kappa shape index (κ3) is 4.77. The molecule has 1 aliphatic rings. The van der Waals surface area contributed by atoms with Crippen LogP contribution in [0.3, 0.4) is 0 Å². The molecule has 1 N–H and O–H groups in total. The van der Waals surface area contributed by atoms with Gasteiger partial charge in [-0.25, -0.2) is 0 Å². The Kier molecular flexibility index (Phi) is 6.75. The largest absolute Gasteiger partial charge is 0.489 e. The number of ketones is 1. The highest BCUT2D eigenvalue weighted by molar-refractivity contribution is 6.02. The summed E-state index contributed by atoms with van der Waals surface area (Å²) in [5.41, 5.74) is -0.120. The molecule has 0 saturated heterocycles. The van der Waals surface area contributed by atoms with E-state index in [1.165, 1.54) is 21.1 Å². The van der Waals surface area contributed by atoms with E-state index < -0.39 is 41.1 Å². The number of carbonyl (C=O) groups is 3. The molecule has 164 valence electrons. The van der Waals surface area contributed by atoms with Gasteiger partial charge in [0, 0.05) is 12.3 Å². The van der Waals surface area contributed by atoms with Crippen molar-refractivity contribution < 1.29 is 33.7 Å².